The van der Waals surface area contributed by atoms with E-state index in [1.807, 2.05) is 44.2 Å². The van der Waals surface area contributed by atoms with E-state index in [1.54, 1.807) is 20.2 Å². The summed E-state index contributed by atoms with van der Waals surface area (Å²) in [5.74, 6) is 0.282. The van der Waals surface area contributed by atoms with Gasteiger partial charge < -0.3 is 29.2 Å². The molecule has 4 bridgehead atoms. The number of nitrogens with zero attached hydrogens (tertiary/aromatic N) is 2. The van der Waals surface area contributed by atoms with E-state index < -0.39 is 30.3 Å². The van der Waals surface area contributed by atoms with Crippen molar-refractivity contribution in [1.29, 1.82) is 0 Å². The van der Waals surface area contributed by atoms with Gasteiger partial charge in [0.25, 0.3) is 0 Å². The van der Waals surface area contributed by atoms with Crippen LogP contribution in [-0.4, -0.2) is 72.9 Å². The number of ether oxygens (including phenoxy) is 4. The van der Waals surface area contributed by atoms with Gasteiger partial charge in [0.05, 0.1) is 26.9 Å². The van der Waals surface area contributed by atoms with E-state index in [0.29, 0.717) is 18.1 Å². The number of fused-ring (bicyclic) bond motifs is 3. The summed E-state index contributed by atoms with van der Waals surface area (Å²) in [6, 6.07) is 4.18. The Morgan fingerprint density at radius 1 is 1.19 bits per heavy atom. The van der Waals surface area contributed by atoms with Crippen molar-refractivity contribution in [1.82, 2.24) is 15.2 Å². The van der Waals surface area contributed by atoms with Crippen molar-refractivity contribution in [3.8, 4) is 11.6 Å². The molecule has 0 radical (unpaired) electrons. The summed E-state index contributed by atoms with van der Waals surface area (Å²) in [7, 11) is 1.63. The number of benzene rings is 1. The summed E-state index contributed by atoms with van der Waals surface area (Å²) in [4.78, 5) is 46.6. The summed E-state index contributed by atoms with van der Waals surface area (Å²) < 4.78 is 23.2. The van der Waals surface area contributed by atoms with E-state index in [9.17, 15) is 14.4 Å². The molecule has 0 spiro atoms. The Kier molecular flexibility index (Phi) is 9.42. The lowest BCUT2D eigenvalue weighted by Crippen LogP contribution is -2.55. The molecule has 2 amide bonds. The van der Waals surface area contributed by atoms with E-state index in [4.69, 9.17) is 18.9 Å². The number of methoxy groups -OCH3 is 1. The standard InChI is InChI=1S/C33H43N3O7/c1-5-41-31(38)26-18-24-19-36(26)30(37)28(21-10-7-6-8-11-21)35-32(39)42-20-33(2,3)14-9-12-23-16-25-22(17-27(23)40-4)13-15-34-29(25)43-24/h9,12-13,15-17,21,24,26,28H,5-8,10-11,14,18-20H2,1-4H3,(H,35,39)/b12-9+/t24-,26+,28+/m1/s1. The fraction of sp³-hybridized carbons (Fsp3) is 0.576. The molecule has 5 rings (SSSR count). The first-order valence-corrected chi connectivity index (χ1v) is 15.4. The smallest absolute Gasteiger partial charge is 0.407 e. The first-order chi connectivity index (χ1) is 20.7. The maximum atomic E-state index is 14.2. The molecule has 3 heterocycles. The zero-order valence-electron chi connectivity index (χ0n) is 25.6. The SMILES string of the molecule is CCOC(=O)[C@@H]1C[C@@H]2CN1C(=O)[C@H](C1CCCCC1)NC(=O)OCC(C)(C)C/C=C/c1cc3c(nccc3cc1OC)O2. The molecule has 43 heavy (non-hydrogen) atoms. The van der Waals surface area contributed by atoms with Gasteiger partial charge in [0.2, 0.25) is 11.8 Å². The second-order valence-corrected chi connectivity index (χ2v) is 12.5. The molecule has 10 heteroatoms. The molecule has 3 atom stereocenters. The second kappa shape index (κ2) is 13.2. The number of aromatic nitrogens is 1. The molecule has 2 fully saturated rings. The summed E-state index contributed by atoms with van der Waals surface area (Å²) in [6.07, 6.45) is 10.2. The number of rotatable bonds is 4. The highest BCUT2D eigenvalue weighted by Gasteiger charge is 2.46. The molecule has 1 saturated heterocycles. The number of esters is 1. The fourth-order valence-corrected chi connectivity index (χ4v) is 6.36. The molecule has 2 aliphatic heterocycles. The van der Waals surface area contributed by atoms with Crippen LogP contribution in [0.1, 0.15) is 71.3 Å². The van der Waals surface area contributed by atoms with E-state index in [0.717, 1.165) is 48.4 Å². The minimum atomic E-state index is -0.837. The Morgan fingerprint density at radius 2 is 1.98 bits per heavy atom. The average Bonchev–Trinajstić information content (AvgIpc) is 3.42. The molecule has 1 N–H and O–H groups in total. The van der Waals surface area contributed by atoms with Gasteiger partial charge in [0.15, 0.2) is 0 Å². The van der Waals surface area contributed by atoms with Gasteiger partial charge in [-0.1, -0.05) is 45.3 Å². The molecular weight excluding hydrogens is 550 g/mol. The van der Waals surface area contributed by atoms with Gasteiger partial charge in [-0.15, -0.1) is 0 Å². The zero-order chi connectivity index (χ0) is 30.6. The van der Waals surface area contributed by atoms with Crippen LogP contribution < -0.4 is 14.8 Å². The summed E-state index contributed by atoms with van der Waals surface area (Å²) in [5, 5.41) is 4.60. The van der Waals surface area contributed by atoms with E-state index in [2.05, 4.69) is 10.3 Å². The molecule has 1 aliphatic carbocycles. The summed E-state index contributed by atoms with van der Waals surface area (Å²) in [5.41, 5.74) is 0.493. The highest BCUT2D eigenvalue weighted by Crippen LogP contribution is 2.35. The maximum Gasteiger partial charge on any atom is 0.407 e. The van der Waals surface area contributed by atoms with Crippen LogP contribution in [0, 0.1) is 11.3 Å². The predicted octanol–water partition coefficient (Wildman–Crippen LogP) is 5.27. The van der Waals surface area contributed by atoms with Crippen molar-refractivity contribution in [3.63, 3.8) is 0 Å². The van der Waals surface area contributed by atoms with Crippen molar-refractivity contribution in [2.45, 2.75) is 83.9 Å². The number of cyclic esters (lactones) is 1. The molecule has 2 aromatic rings. The van der Waals surface area contributed by atoms with Crippen LogP contribution in [0.5, 0.6) is 11.6 Å². The molecule has 3 aliphatic rings. The number of hydrogen-bond donors (Lipinski definition) is 1. The number of amides is 2. The first-order valence-electron chi connectivity index (χ1n) is 15.4. The van der Waals surface area contributed by atoms with Crippen molar-refractivity contribution < 1.29 is 33.3 Å². The Bertz CT molecular complexity index is 1370. The second-order valence-electron chi connectivity index (χ2n) is 12.5. The molecular formula is C33H43N3O7. The quantitative estimate of drug-likeness (QED) is 0.477. The Hall–Kier alpha value is -3.82. The molecule has 0 unspecified atom stereocenters. The minimum absolute atomic E-state index is 0.0497. The molecule has 232 valence electrons. The third-order valence-corrected chi connectivity index (χ3v) is 8.68. The van der Waals surface area contributed by atoms with Gasteiger partial charge in [0.1, 0.15) is 23.9 Å². The van der Waals surface area contributed by atoms with Crippen LogP contribution in [0.2, 0.25) is 0 Å². The largest absolute Gasteiger partial charge is 0.496 e. The van der Waals surface area contributed by atoms with Crippen LogP contribution in [0.25, 0.3) is 16.8 Å². The monoisotopic (exact) mass is 593 g/mol. The molecule has 1 saturated carbocycles. The average molecular weight is 594 g/mol. The predicted molar refractivity (Wildman–Crippen MR) is 162 cm³/mol. The highest BCUT2D eigenvalue weighted by atomic mass is 16.6. The topological polar surface area (TPSA) is 116 Å². The van der Waals surface area contributed by atoms with Gasteiger partial charge in [-0.25, -0.2) is 14.6 Å². The Balaban J connectivity index is 1.55. The third kappa shape index (κ3) is 7.05. The summed E-state index contributed by atoms with van der Waals surface area (Å²) >= 11 is 0. The van der Waals surface area contributed by atoms with Gasteiger partial charge in [0, 0.05) is 29.0 Å². The van der Waals surface area contributed by atoms with Crippen LogP contribution in [0.15, 0.2) is 30.5 Å². The van der Waals surface area contributed by atoms with Gasteiger partial charge in [-0.3, -0.25) is 4.79 Å². The van der Waals surface area contributed by atoms with E-state index in [1.165, 1.54) is 4.90 Å². The lowest BCUT2D eigenvalue weighted by molar-refractivity contribution is -0.154. The number of allylic oxidation sites excluding steroid dienone is 1. The Labute approximate surface area is 253 Å². The van der Waals surface area contributed by atoms with Crippen molar-refractivity contribution in [3.05, 3.63) is 36.0 Å². The summed E-state index contributed by atoms with van der Waals surface area (Å²) in [6.45, 7) is 6.31. The number of nitrogens with one attached hydrogen (secondary N) is 1. The normalized spacial score (nSPS) is 25.7. The van der Waals surface area contributed by atoms with Gasteiger partial charge in [-0.05, 0) is 55.7 Å². The van der Waals surface area contributed by atoms with Crippen molar-refractivity contribution in [2.75, 3.05) is 26.9 Å². The van der Waals surface area contributed by atoms with Crippen LogP contribution in [0.3, 0.4) is 0 Å². The van der Waals surface area contributed by atoms with E-state index in [-0.39, 0.29) is 43.4 Å². The maximum absolute atomic E-state index is 14.2. The number of pyridine rings is 1. The third-order valence-electron chi connectivity index (χ3n) is 8.68. The van der Waals surface area contributed by atoms with Crippen LogP contribution >= 0.6 is 0 Å². The van der Waals surface area contributed by atoms with Crippen molar-refractivity contribution in [2.24, 2.45) is 11.3 Å². The van der Waals surface area contributed by atoms with Gasteiger partial charge in [-0.2, -0.15) is 0 Å². The zero-order valence-corrected chi connectivity index (χ0v) is 25.6. The molecule has 1 aromatic heterocycles. The first kappa shape index (κ1) is 30.6. The minimum Gasteiger partial charge on any atom is -0.496 e. The molecule has 10 nitrogen and oxygen atoms in total. The number of carbonyl (C=O) groups is 3. The number of alkyl carbamates (subject to hydrolysis) is 1. The lowest BCUT2D eigenvalue weighted by atomic mass is 9.83. The Morgan fingerprint density at radius 3 is 2.72 bits per heavy atom. The van der Waals surface area contributed by atoms with Crippen LogP contribution in [0.4, 0.5) is 4.79 Å². The molecule has 1 aromatic carbocycles. The van der Waals surface area contributed by atoms with E-state index >= 15 is 0 Å². The highest BCUT2D eigenvalue weighted by molar-refractivity contribution is 5.92. The number of hydrogen-bond acceptors (Lipinski definition) is 8. The van der Waals surface area contributed by atoms with Gasteiger partial charge >= 0.3 is 12.1 Å². The van der Waals surface area contributed by atoms with Crippen molar-refractivity contribution >= 4 is 34.8 Å². The lowest BCUT2D eigenvalue weighted by Gasteiger charge is -2.34. The van der Waals surface area contributed by atoms with Crippen LogP contribution in [-0.2, 0) is 19.1 Å². The number of carbonyl (C=O) groups excluding carboxylic acids is 3. The fourth-order valence-electron chi connectivity index (χ4n) is 6.36.